The number of hydrogen-bond acceptors (Lipinski definition) is 4. The Morgan fingerprint density at radius 1 is 1.21 bits per heavy atom. The van der Waals surface area contributed by atoms with Crippen LogP contribution in [0.25, 0.3) is 11.2 Å². The van der Waals surface area contributed by atoms with Gasteiger partial charge in [-0.2, -0.15) is 9.97 Å². The normalized spacial score (nSPS) is 10.9. The van der Waals surface area contributed by atoms with Crippen molar-refractivity contribution >= 4 is 45.9 Å². The van der Waals surface area contributed by atoms with Crippen molar-refractivity contribution in [2.45, 2.75) is 6.92 Å². The van der Waals surface area contributed by atoms with Crippen LogP contribution in [0.3, 0.4) is 0 Å². The molecular formula is C12H9Cl2N5. The van der Waals surface area contributed by atoms with Gasteiger partial charge in [0.1, 0.15) is 5.52 Å². The second kappa shape index (κ2) is 4.68. The Kier molecular flexibility index (Phi) is 3.00. The van der Waals surface area contributed by atoms with Crippen LogP contribution in [0.15, 0.2) is 24.5 Å². The molecule has 0 amide bonds. The Bertz CT molecular complexity index is 753. The SMILES string of the molecule is Cc1c(Cl)cccc1Nc1nc(Cl)nc2nc[nH]c12. The number of halogens is 2. The van der Waals surface area contributed by atoms with Crippen LogP contribution >= 0.6 is 23.2 Å². The summed E-state index contributed by atoms with van der Waals surface area (Å²) < 4.78 is 0. The van der Waals surface area contributed by atoms with E-state index in [1.165, 1.54) is 0 Å². The fourth-order valence-electron chi connectivity index (χ4n) is 1.77. The third-order valence-corrected chi connectivity index (χ3v) is 3.36. The molecule has 3 rings (SSSR count). The van der Waals surface area contributed by atoms with E-state index in [1.54, 1.807) is 6.33 Å². The standard InChI is InChI=1S/C12H9Cl2N5/c1-6-7(13)3-2-4-8(6)17-11-9-10(16-5-15-9)18-12(14)19-11/h2-5H,1H3,(H2,15,16,17,18,19). The number of nitrogens with zero attached hydrogens (tertiary/aromatic N) is 3. The molecule has 0 spiro atoms. The largest absolute Gasteiger partial charge is 0.340 e. The highest BCUT2D eigenvalue weighted by Gasteiger charge is 2.10. The van der Waals surface area contributed by atoms with Gasteiger partial charge in [0.05, 0.1) is 6.33 Å². The molecule has 0 aliphatic rings. The first-order valence-electron chi connectivity index (χ1n) is 5.54. The number of nitrogens with one attached hydrogen (secondary N) is 2. The van der Waals surface area contributed by atoms with Crippen LogP contribution in [0.4, 0.5) is 11.5 Å². The van der Waals surface area contributed by atoms with Crippen LogP contribution in [-0.2, 0) is 0 Å². The molecule has 0 atom stereocenters. The lowest BCUT2D eigenvalue weighted by Crippen LogP contribution is -1.99. The molecule has 1 aromatic carbocycles. The molecule has 2 heterocycles. The molecule has 0 saturated carbocycles. The van der Waals surface area contributed by atoms with Gasteiger partial charge in [-0.15, -0.1) is 0 Å². The zero-order valence-corrected chi connectivity index (χ0v) is 11.4. The Morgan fingerprint density at radius 2 is 2.05 bits per heavy atom. The summed E-state index contributed by atoms with van der Waals surface area (Å²) in [5.74, 6) is 0.567. The van der Waals surface area contributed by atoms with Gasteiger partial charge < -0.3 is 10.3 Å². The van der Waals surface area contributed by atoms with Gasteiger partial charge in [-0.05, 0) is 36.2 Å². The average Bonchev–Trinajstić information content (AvgIpc) is 2.83. The number of aromatic nitrogens is 4. The van der Waals surface area contributed by atoms with Crippen molar-refractivity contribution in [1.82, 2.24) is 19.9 Å². The van der Waals surface area contributed by atoms with Crippen molar-refractivity contribution in [3.8, 4) is 0 Å². The van der Waals surface area contributed by atoms with E-state index >= 15 is 0 Å². The number of anilines is 2. The lowest BCUT2D eigenvalue weighted by Gasteiger charge is -2.10. The van der Waals surface area contributed by atoms with Gasteiger partial charge in [-0.3, -0.25) is 0 Å². The molecule has 0 saturated heterocycles. The summed E-state index contributed by atoms with van der Waals surface area (Å²) in [6.45, 7) is 1.93. The molecule has 5 nitrogen and oxygen atoms in total. The molecule has 19 heavy (non-hydrogen) atoms. The first-order valence-corrected chi connectivity index (χ1v) is 6.29. The number of fused-ring (bicyclic) bond motifs is 1. The minimum absolute atomic E-state index is 0.141. The van der Waals surface area contributed by atoms with Crippen LogP contribution in [0.5, 0.6) is 0 Å². The predicted octanol–water partition coefficient (Wildman–Crippen LogP) is 3.71. The third-order valence-electron chi connectivity index (χ3n) is 2.78. The van der Waals surface area contributed by atoms with Crippen LogP contribution in [0.2, 0.25) is 10.3 Å². The summed E-state index contributed by atoms with van der Waals surface area (Å²) in [5.41, 5.74) is 3.01. The topological polar surface area (TPSA) is 66.5 Å². The van der Waals surface area contributed by atoms with Gasteiger partial charge in [0.25, 0.3) is 0 Å². The summed E-state index contributed by atoms with van der Waals surface area (Å²) >= 11 is 12.0. The van der Waals surface area contributed by atoms with Crippen molar-refractivity contribution in [3.63, 3.8) is 0 Å². The third kappa shape index (κ3) is 2.22. The molecule has 0 aliphatic carbocycles. The molecular weight excluding hydrogens is 285 g/mol. The van der Waals surface area contributed by atoms with Gasteiger partial charge >= 0.3 is 0 Å². The summed E-state index contributed by atoms with van der Waals surface area (Å²) in [6, 6.07) is 5.62. The van der Waals surface area contributed by atoms with Gasteiger partial charge in [0.15, 0.2) is 11.5 Å². The van der Waals surface area contributed by atoms with Crippen LogP contribution in [-0.4, -0.2) is 19.9 Å². The second-order valence-electron chi connectivity index (χ2n) is 3.98. The van der Waals surface area contributed by atoms with Crippen molar-refractivity contribution < 1.29 is 0 Å². The minimum Gasteiger partial charge on any atom is -0.340 e. The van der Waals surface area contributed by atoms with Crippen LogP contribution < -0.4 is 5.32 Å². The Morgan fingerprint density at radius 3 is 2.89 bits per heavy atom. The van der Waals surface area contributed by atoms with E-state index in [0.717, 1.165) is 11.3 Å². The van der Waals surface area contributed by atoms with E-state index < -0.39 is 0 Å². The highest BCUT2D eigenvalue weighted by Crippen LogP contribution is 2.28. The highest BCUT2D eigenvalue weighted by molar-refractivity contribution is 6.31. The summed E-state index contributed by atoms with van der Waals surface area (Å²) in [5, 5.41) is 4.02. The molecule has 0 unspecified atom stereocenters. The van der Waals surface area contributed by atoms with E-state index in [0.29, 0.717) is 22.0 Å². The monoisotopic (exact) mass is 293 g/mol. The summed E-state index contributed by atoms with van der Waals surface area (Å²) in [6.07, 6.45) is 1.55. The first-order chi connectivity index (χ1) is 9.15. The van der Waals surface area contributed by atoms with Gasteiger partial charge in [0, 0.05) is 10.7 Å². The number of H-pyrrole nitrogens is 1. The van der Waals surface area contributed by atoms with E-state index in [-0.39, 0.29) is 5.28 Å². The second-order valence-corrected chi connectivity index (χ2v) is 4.73. The maximum Gasteiger partial charge on any atom is 0.226 e. The van der Waals surface area contributed by atoms with Gasteiger partial charge in [-0.1, -0.05) is 17.7 Å². The van der Waals surface area contributed by atoms with E-state index in [4.69, 9.17) is 23.2 Å². The maximum atomic E-state index is 6.09. The Balaban J connectivity index is 2.10. The summed E-state index contributed by atoms with van der Waals surface area (Å²) in [4.78, 5) is 15.2. The van der Waals surface area contributed by atoms with Gasteiger partial charge in [-0.25, -0.2) is 4.98 Å². The average molecular weight is 294 g/mol. The molecule has 0 fully saturated rings. The van der Waals surface area contributed by atoms with Crippen LogP contribution in [0.1, 0.15) is 5.56 Å². The van der Waals surface area contributed by atoms with E-state index in [9.17, 15) is 0 Å². The Labute approximate surface area is 119 Å². The lowest BCUT2D eigenvalue weighted by atomic mass is 10.2. The maximum absolute atomic E-state index is 6.09. The zero-order chi connectivity index (χ0) is 13.4. The van der Waals surface area contributed by atoms with E-state index in [2.05, 4.69) is 25.3 Å². The predicted molar refractivity (Wildman–Crippen MR) is 76.2 cm³/mol. The lowest BCUT2D eigenvalue weighted by molar-refractivity contribution is 1.19. The molecule has 7 heteroatoms. The molecule has 2 aromatic heterocycles. The number of rotatable bonds is 2. The zero-order valence-electron chi connectivity index (χ0n) is 9.91. The highest BCUT2D eigenvalue weighted by atomic mass is 35.5. The quantitative estimate of drug-likeness (QED) is 0.707. The number of hydrogen-bond donors (Lipinski definition) is 2. The molecule has 0 radical (unpaired) electrons. The van der Waals surface area contributed by atoms with Crippen LogP contribution in [0, 0.1) is 6.92 Å². The molecule has 0 bridgehead atoms. The van der Waals surface area contributed by atoms with Crippen molar-refractivity contribution in [3.05, 3.63) is 40.4 Å². The summed E-state index contributed by atoms with van der Waals surface area (Å²) in [7, 11) is 0. The molecule has 0 aliphatic heterocycles. The number of benzene rings is 1. The molecule has 3 aromatic rings. The fraction of sp³-hybridized carbons (Fsp3) is 0.0833. The fourth-order valence-corrected chi connectivity index (χ4v) is 2.11. The van der Waals surface area contributed by atoms with Crippen molar-refractivity contribution in [2.75, 3.05) is 5.32 Å². The van der Waals surface area contributed by atoms with Gasteiger partial charge in [0.2, 0.25) is 5.28 Å². The first kappa shape index (κ1) is 12.2. The molecule has 96 valence electrons. The Hall–Kier alpha value is -1.85. The number of aromatic amines is 1. The van der Waals surface area contributed by atoms with Crippen molar-refractivity contribution in [2.24, 2.45) is 0 Å². The smallest absolute Gasteiger partial charge is 0.226 e. The number of imidazole rings is 1. The minimum atomic E-state index is 0.141. The molecule has 2 N–H and O–H groups in total. The van der Waals surface area contributed by atoms with Crippen molar-refractivity contribution in [1.29, 1.82) is 0 Å². The van der Waals surface area contributed by atoms with E-state index in [1.807, 2.05) is 25.1 Å².